The van der Waals surface area contributed by atoms with Gasteiger partial charge in [-0.1, -0.05) is 13.0 Å². The molecule has 0 saturated carbocycles. The minimum Gasteiger partial charge on any atom is -0.493 e. The first-order valence-corrected chi connectivity index (χ1v) is 9.91. The maximum Gasteiger partial charge on any atom is 0.220 e. The minimum atomic E-state index is 0. The Hall–Kier alpha value is -1.46. The molecule has 0 radical (unpaired) electrons. The highest BCUT2D eigenvalue weighted by molar-refractivity contribution is 5.85. The van der Waals surface area contributed by atoms with Crippen molar-refractivity contribution in [3.8, 4) is 11.5 Å². The summed E-state index contributed by atoms with van der Waals surface area (Å²) in [5.74, 6) is 2.87. The molecule has 6 heteroatoms. The van der Waals surface area contributed by atoms with Crippen molar-refractivity contribution in [1.82, 2.24) is 10.6 Å². The van der Waals surface area contributed by atoms with Crippen molar-refractivity contribution in [2.45, 2.75) is 46.0 Å². The number of hydrogen-bond donors (Lipinski definition) is 2. The van der Waals surface area contributed by atoms with Crippen LogP contribution in [0.1, 0.15) is 45.1 Å². The molecule has 2 rings (SSSR count). The molecule has 0 spiro atoms. The molecule has 2 N–H and O–H groups in total. The van der Waals surface area contributed by atoms with Gasteiger partial charge in [0.05, 0.1) is 13.7 Å². The van der Waals surface area contributed by atoms with Crippen LogP contribution in [0.2, 0.25) is 0 Å². The summed E-state index contributed by atoms with van der Waals surface area (Å²) in [7, 11) is 1.65. The number of carbonyl (C=O) groups is 1. The zero-order valence-corrected chi connectivity index (χ0v) is 17.7. The average Bonchev–Trinajstić information content (AvgIpc) is 2.66. The Morgan fingerprint density at radius 1 is 1.30 bits per heavy atom. The molecule has 1 aliphatic rings. The summed E-state index contributed by atoms with van der Waals surface area (Å²) in [6.45, 7) is 7.68. The van der Waals surface area contributed by atoms with Crippen LogP contribution < -0.4 is 20.1 Å². The molecule has 1 unspecified atom stereocenters. The molecule has 1 aliphatic heterocycles. The summed E-state index contributed by atoms with van der Waals surface area (Å²) in [4.78, 5) is 12.2. The van der Waals surface area contributed by atoms with E-state index >= 15 is 0 Å². The van der Waals surface area contributed by atoms with E-state index in [1.165, 1.54) is 18.4 Å². The molecule has 0 aliphatic carbocycles. The second kappa shape index (κ2) is 12.8. The van der Waals surface area contributed by atoms with Crippen LogP contribution in [0.25, 0.3) is 0 Å². The van der Waals surface area contributed by atoms with Gasteiger partial charge in [-0.05, 0) is 75.2 Å². The Kier molecular flexibility index (Phi) is 11.2. The van der Waals surface area contributed by atoms with Crippen LogP contribution >= 0.6 is 12.4 Å². The number of methoxy groups -OCH3 is 1. The predicted octanol–water partition coefficient (Wildman–Crippen LogP) is 3.59. The number of nitrogens with one attached hydrogen (secondary N) is 2. The van der Waals surface area contributed by atoms with E-state index in [1.54, 1.807) is 7.11 Å². The molecule has 0 aromatic heterocycles. The maximum absolute atomic E-state index is 12.2. The molecule has 154 valence electrons. The van der Waals surface area contributed by atoms with Gasteiger partial charge in [0, 0.05) is 13.0 Å². The Bertz CT molecular complexity index is 562. The number of hydrogen-bond acceptors (Lipinski definition) is 4. The molecule has 1 saturated heterocycles. The number of halogens is 1. The lowest BCUT2D eigenvalue weighted by Crippen LogP contribution is -2.33. The van der Waals surface area contributed by atoms with Gasteiger partial charge in [0.2, 0.25) is 5.91 Å². The molecule has 0 bridgehead atoms. The summed E-state index contributed by atoms with van der Waals surface area (Å²) >= 11 is 0. The van der Waals surface area contributed by atoms with Crippen molar-refractivity contribution in [1.29, 1.82) is 0 Å². The lowest BCUT2D eigenvalue weighted by molar-refractivity contribution is -0.122. The van der Waals surface area contributed by atoms with E-state index in [1.807, 2.05) is 19.1 Å². The SMILES string of the molecule is CCOc1cc(CCCNC(=O)CC(C)C2CCNCC2)ccc1OC.Cl. The molecular formula is C21H35ClN2O3. The zero-order chi connectivity index (χ0) is 18.8. The number of amides is 1. The third kappa shape index (κ3) is 7.97. The van der Waals surface area contributed by atoms with Crippen LogP contribution in [0.5, 0.6) is 11.5 Å². The first kappa shape index (κ1) is 23.6. The summed E-state index contributed by atoms with van der Waals surface area (Å²) < 4.78 is 10.9. The van der Waals surface area contributed by atoms with Gasteiger partial charge >= 0.3 is 0 Å². The fraction of sp³-hybridized carbons (Fsp3) is 0.667. The first-order valence-electron chi connectivity index (χ1n) is 9.91. The van der Waals surface area contributed by atoms with E-state index in [0.717, 1.165) is 37.4 Å². The topological polar surface area (TPSA) is 59.6 Å². The largest absolute Gasteiger partial charge is 0.493 e. The van der Waals surface area contributed by atoms with E-state index in [2.05, 4.69) is 23.6 Å². The van der Waals surface area contributed by atoms with Gasteiger partial charge in [-0.15, -0.1) is 12.4 Å². The van der Waals surface area contributed by atoms with Gasteiger partial charge in [0.25, 0.3) is 0 Å². The summed E-state index contributed by atoms with van der Waals surface area (Å²) in [6, 6.07) is 6.03. The van der Waals surface area contributed by atoms with Crippen LogP contribution in [0, 0.1) is 11.8 Å². The number of ether oxygens (including phenoxy) is 2. The van der Waals surface area contributed by atoms with Crippen molar-refractivity contribution in [2.75, 3.05) is 33.4 Å². The number of carbonyl (C=O) groups excluding carboxylic acids is 1. The Morgan fingerprint density at radius 3 is 2.70 bits per heavy atom. The summed E-state index contributed by atoms with van der Waals surface area (Å²) in [6.07, 6.45) is 4.85. The number of piperidine rings is 1. The van der Waals surface area contributed by atoms with E-state index in [4.69, 9.17) is 9.47 Å². The highest BCUT2D eigenvalue weighted by atomic mass is 35.5. The highest BCUT2D eigenvalue weighted by Crippen LogP contribution is 2.28. The van der Waals surface area contributed by atoms with Gasteiger partial charge in [-0.25, -0.2) is 0 Å². The third-order valence-corrected chi connectivity index (χ3v) is 5.19. The van der Waals surface area contributed by atoms with Crippen molar-refractivity contribution in [2.24, 2.45) is 11.8 Å². The van der Waals surface area contributed by atoms with Crippen molar-refractivity contribution < 1.29 is 14.3 Å². The first-order chi connectivity index (χ1) is 12.6. The van der Waals surface area contributed by atoms with E-state index in [9.17, 15) is 4.79 Å². The summed E-state index contributed by atoms with van der Waals surface area (Å²) in [5, 5.41) is 6.46. The molecular weight excluding hydrogens is 364 g/mol. The molecule has 1 amide bonds. The second-order valence-electron chi connectivity index (χ2n) is 7.14. The smallest absolute Gasteiger partial charge is 0.220 e. The highest BCUT2D eigenvalue weighted by Gasteiger charge is 2.21. The average molecular weight is 399 g/mol. The molecule has 1 atom stereocenters. The van der Waals surface area contributed by atoms with Gasteiger partial charge in [0.1, 0.15) is 0 Å². The van der Waals surface area contributed by atoms with Crippen LogP contribution in [-0.4, -0.2) is 39.3 Å². The lowest BCUT2D eigenvalue weighted by Gasteiger charge is -2.27. The van der Waals surface area contributed by atoms with Crippen LogP contribution in [0.4, 0.5) is 0 Å². The Labute approximate surface area is 170 Å². The standard InChI is InChI=1S/C21H34N2O3.ClH/c1-4-26-20-15-17(7-8-19(20)25-3)6-5-11-23-21(24)14-16(2)18-9-12-22-13-10-18;/h7-8,15-16,18,22H,4-6,9-14H2,1-3H3,(H,23,24);1H. The van der Waals surface area contributed by atoms with E-state index < -0.39 is 0 Å². The number of rotatable bonds is 10. The molecule has 1 aromatic rings. The van der Waals surface area contributed by atoms with E-state index in [0.29, 0.717) is 31.4 Å². The number of aryl methyl sites for hydroxylation is 1. The van der Waals surface area contributed by atoms with Crippen molar-refractivity contribution in [3.05, 3.63) is 23.8 Å². The fourth-order valence-corrected chi connectivity index (χ4v) is 3.61. The van der Waals surface area contributed by atoms with Crippen LogP contribution in [-0.2, 0) is 11.2 Å². The third-order valence-electron chi connectivity index (χ3n) is 5.19. The Morgan fingerprint density at radius 2 is 2.04 bits per heavy atom. The lowest BCUT2D eigenvalue weighted by atomic mass is 9.84. The van der Waals surface area contributed by atoms with Crippen molar-refractivity contribution >= 4 is 18.3 Å². The quantitative estimate of drug-likeness (QED) is 0.591. The summed E-state index contributed by atoms with van der Waals surface area (Å²) in [5.41, 5.74) is 1.20. The van der Waals surface area contributed by atoms with Crippen LogP contribution in [0.3, 0.4) is 0 Å². The second-order valence-corrected chi connectivity index (χ2v) is 7.14. The van der Waals surface area contributed by atoms with Gasteiger partial charge in [-0.2, -0.15) is 0 Å². The normalized spacial score (nSPS) is 15.5. The molecule has 1 aromatic carbocycles. The monoisotopic (exact) mass is 398 g/mol. The van der Waals surface area contributed by atoms with Gasteiger partial charge < -0.3 is 20.1 Å². The molecule has 27 heavy (non-hydrogen) atoms. The minimum absolute atomic E-state index is 0. The van der Waals surface area contributed by atoms with Gasteiger partial charge in [-0.3, -0.25) is 4.79 Å². The van der Waals surface area contributed by atoms with Crippen molar-refractivity contribution in [3.63, 3.8) is 0 Å². The zero-order valence-electron chi connectivity index (χ0n) is 16.9. The fourth-order valence-electron chi connectivity index (χ4n) is 3.61. The maximum atomic E-state index is 12.2. The molecule has 5 nitrogen and oxygen atoms in total. The predicted molar refractivity (Wildman–Crippen MR) is 112 cm³/mol. The Balaban J connectivity index is 0.00000364. The molecule has 1 fully saturated rings. The number of benzene rings is 1. The molecule has 1 heterocycles. The van der Waals surface area contributed by atoms with E-state index in [-0.39, 0.29) is 18.3 Å². The van der Waals surface area contributed by atoms with Crippen LogP contribution in [0.15, 0.2) is 18.2 Å². The van der Waals surface area contributed by atoms with Gasteiger partial charge in [0.15, 0.2) is 11.5 Å².